The van der Waals surface area contributed by atoms with Gasteiger partial charge in [-0.15, -0.1) is 0 Å². The van der Waals surface area contributed by atoms with Crippen LogP contribution in [0.4, 0.5) is 0 Å². The van der Waals surface area contributed by atoms with Crippen molar-refractivity contribution in [3.63, 3.8) is 0 Å². The van der Waals surface area contributed by atoms with Crippen molar-refractivity contribution >= 4 is 24.5 Å². The number of nitrogens with zero attached hydrogens (tertiary/aromatic N) is 2. The first-order valence-electron chi connectivity index (χ1n) is 8.20. The fourth-order valence-electron chi connectivity index (χ4n) is 2.70. The lowest BCUT2D eigenvalue weighted by Crippen LogP contribution is -2.29. The fourth-order valence-corrected chi connectivity index (χ4v) is 2.70. The Morgan fingerprint density at radius 1 is 0.862 bits per heavy atom. The van der Waals surface area contributed by atoms with Crippen LogP contribution in [0.3, 0.4) is 0 Å². The summed E-state index contributed by atoms with van der Waals surface area (Å²) in [6.07, 6.45) is 1.13. The van der Waals surface area contributed by atoms with Crippen LogP contribution in [0.1, 0.15) is 31.8 Å². The normalized spacial score (nSPS) is 11.4. The van der Waals surface area contributed by atoms with E-state index in [-0.39, 0.29) is 33.6 Å². The first-order valence-corrected chi connectivity index (χ1v) is 8.20. The average Bonchev–Trinajstić information content (AvgIpc) is 3.29. The number of carbonyl (C=O) groups excluding carboxylic acids is 2. The van der Waals surface area contributed by atoms with Gasteiger partial charge in [-0.1, -0.05) is 42.5 Å². The Balaban J connectivity index is 0.000000224. The summed E-state index contributed by atoms with van der Waals surface area (Å²) in [5, 5.41) is 35.2. The van der Waals surface area contributed by atoms with E-state index < -0.39 is 19.1 Å². The van der Waals surface area contributed by atoms with Crippen molar-refractivity contribution in [1.82, 2.24) is 0 Å². The zero-order valence-corrected chi connectivity index (χ0v) is 14.7. The van der Waals surface area contributed by atoms with E-state index in [1.807, 2.05) is 18.2 Å². The largest absolute Gasteiger partial charge is 0.488 e. The first-order chi connectivity index (χ1) is 14.0. The number of fused-ring (bicyclic) bond motifs is 1. The molecule has 4 rings (SSSR count). The molecule has 0 spiro atoms. The highest BCUT2D eigenvalue weighted by molar-refractivity contribution is 6.58. The quantitative estimate of drug-likeness (QED) is 0.382. The molecule has 1 aromatic heterocycles. The molecule has 1 aliphatic rings. The number of rotatable bonds is 2. The van der Waals surface area contributed by atoms with Crippen LogP contribution in [0.2, 0.25) is 0 Å². The van der Waals surface area contributed by atoms with Crippen molar-refractivity contribution in [2.75, 3.05) is 0 Å². The van der Waals surface area contributed by atoms with Crippen LogP contribution in [0, 0.1) is 22.7 Å². The number of carbonyl (C=O) groups is 2. The van der Waals surface area contributed by atoms with Gasteiger partial charge in [0.2, 0.25) is 0 Å². The second kappa shape index (κ2) is 8.23. The summed E-state index contributed by atoms with van der Waals surface area (Å²) in [6, 6.07) is 16.9. The van der Waals surface area contributed by atoms with Gasteiger partial charge in [-0.05, 0) is 11.5 Å². The van der Waals surface area contributed by atoms with Crippen molar-refractivity contribution in [2.45, 2.75) is 0 Å². The molecule has 0 bridgehead atoms. The monoisotopic (exact) mass is 386 g/mol. The van der Waals surface area contributed by atoms with Crippen LogP contribution >= 0.6 is 0 Å². The molecule has 1 aliphatic heterocycles. The van der Waals surface area contributed by atoms with E-state index in [1.165, 1.54) is 12.1 Å². The maximum absolute atomic E-state index is 11.7. The Bertz CT molecular complexity index is 1170. The van der Waals surface area contributed by atoms with E-state index in [1.54, 1.807) is 30.3 Å². The van der Waals surface area contributed by atoms with Crippen LogP contribution in [0.25, 0.3) is 11.3 Å². The van der Waals surface area contributed by atoms with Gasteiger partial charge in [-0.2, -0.15) is 10.5 Å². The lowest BCUT2D eigenvalue weighted by atomic mass is 9.81. The van der Waals surface area contributed by atoms with Gasteiger partial charge in [0.1, 0.15) is 29.5 Å². The summed E-state index contributed by atoms with van der Waals surface area (Å²) in [5.74, 6) is -1.45. The number of benzene rings is 2. The van der Waals surface area contributed by atoms with Crippen LogP contribution in [0.5, 0.6) is 0 Å². The van der Waals surface area contributed by atoms with E-state index in [2.05, 4.69) is 4.74 Å². The maximum Gasteiger partial charge on any atom is 0.488 e. The van der Waals surface area contributed by atoms with E-state index in [0.29, 0.717) is 5.46 Å². The summed E-state index contributed by atoms with van der Waals surface area (Å²) < 4.78 is 9.74. The Morgan fingerprint density at radius 3 is 2.14 bits per heavy atom. The van der Waals surface area contributed by atoms with Gasteiger partial charge in [-0.3, -0.25) is 0 Å². The molecule has 2 N–H and O–H groups in total. The molecule has 2 aromatic carbocycles. The smallest absolute Gasteiger partial charge is 0.461 e. The van der Waals surface area contributed by atoms with Gasteiger partial charge in [0.15, 0.2) is 5.76 Å². The number of hydrogen-bond acceptors (Lipinski definition) is 8. The van der Waals surface area contributed by atoms with E-state index in [9.17, 15) is 9.59 Å². The predicted octanol–water partition coefficient (Wildman–Crippen LogP) is 1.37. The number of nitriles is 2. The number of cyclic esters (lactones) is 2. The lowest BCUT2D eigenvalue weighted by Gasteiger charge is -2.01. The minimum absolute atomic E-state index is 0.0213. The molecule has 0 amide bonds. The summed E-state index contributed by atoms with van der Waals surface area (Å²) in [5.41, 5.74) is 1.04. The van der Waals surface area contributed by atoms with Crippen LogP contribution in [-0.4, -0.2) is 29.1 Å². The van der Waals surface area contributed by atoms with Crippen molar-refractivity contribution in [3.8, 4) is 23.5 Å². The standard InChI is InChI=1S/C14H4N2O4.C6H7BO2/c15-4-7-6-19-12(10(7)5-16)8-2-1-3-9-11(8)14(18)20-13(9)17;8-7(9)6-4-2-1-3-5-6/h1-3,6H;1-5,8-9H. The minimum atomic E-state index is -1.34. The third kappa shape index (κ3) is 3.78. The molecule has 0 saturated heterocycles. The second-order valence-electron chi connectivity index (χ2n) is 5.77. The van der Waals surface area contributed by atoms with E-state index >= 15 is 0 Å². The predicted molar refractivity (Wildman–Crippen MR) is 99.6 cm³/mol. The molecular formula is C20H11BN2O6. The highest BCUT2D eigenvalue weighted by Crippen LogP contribution is 2.34. The molecule has 0 saturated carbocycles. The number of esters is 2. The minimum Gasteiger partial charge on any atom is -0.461 e. The summed E-state index contributed by atoms with van der Waals surface area (Å²) in [4.78, 5) is 23.2. The Hall–Kier alpha value is -4.18. The average molecular weight is 386 g/mol. The van der Waals surface area contributed by atoms with Crippen molar-refractivity contribution < 1.29 is 28.8 Å². The molecule has 8 nitrogen and oxygen atoms in total. The van der Waals surface area contributed by atoms with Crippen LogP contribution < -0.4 is 5.46 Å². The van der Waals surface area contributed by atoms with Crippen molar-refractivity contribution in [1.29, 1.82) is 10.5 Å². The molecule has 3 aromatic rings. The lowest BCUT2D eigenvalue weighted by molar-refractivity contribution is 0.0444. The SMILES string of the molecule is N#Cc1coc(-c2cccc3c2C(=O)OC3=O)c1C#N.OB(O)c1ccccc1. The number of furan rings is 1. The molecule has 29 heavy (non-hydrogen) atoms. The third-order valence-electron chi connectivity index (χ3n) is 4.04. The Labute approximate surface area is 165 Å². The molecule has 0 fully saturated rings. The van der Waals surface area contributed by atoms with Crippen LogP contribution in [-0.2, 0) is 4.74 Å². The third-order valence-corrected chi connectivity index (χ3v) is 4.04. The molecule has 140 valence electrons. The molecule has 9 heteroatoms. The Morgan fingerprint density at radius 2 is 1.55 bits per heavy atom. The highest BCUT2D eigenvalue weighted by atomic mass is 16.6. The van der Waals surface area contributed by atoms with Crippen molar-refractivity contribution in [3.05, 3.63) is 77.0 Å². The van der Waals surface area contributed by atoms with Gasteiger partial charge < -0.3 is 19.2 Å². The molecule has 0 radical (unpaired) electrons. The van der Waals surface area contributed by atoms with E-state index in [4.69, 9.17) is 25.0 Å². The second-order valence-corrected chi connectivity index (χ2v) is 5.77. The van der Waals surface area contributed by atoms with Gasteiger partial charge in [0.05, 0.1) is 11.1 Å². The molecule has 0 unspecified atom stereocenters. The number of ether oxygens (including phenoxy) is 1. The Kier molecular flexibility index (Phi) is 5.56. The number of hydrogen-bond donors (Lipinski definition) is 2. The summed E-state index contributed by atoms with van der Waals surface area (Å²) in [7, 11) is -1.34. The molecular weight excluding hydrogens is 375 g/mol. The van der Waals surface area contributed by atoms with Crippen molar-refractivity contribution in [2.24, 2.45) is 0 Å². The zero-order chi connectivity index (χ0) is 21.0. The van der Waals surface area contributed by atoms with Gasteiger partial charge in [0.25, 0.3) is 0 Å². The molecule has 2 heterocycles. The van der Waals surface area contributed by atoms with Crippen LogP contribution in [0.15, 0.2) is 59.2 Å². The molecule has 0 aliphatic carbocycles. The fraction of sp³-hybridized carbons (Fsp3) is 0. The highest BCUT2D eigenvalue weighted by Gasteiger charge is 2.34. The summed E-state index contributed by atoms with van der Waals surface area (Å²) >= 11 is 0. The van der Waals surface area contributed by atoms with Gasteiger partial charge >= 0.3 is 19.1 Å². The van der Waals surface area contributed by atoms with Gasteiger partial charge in [0, 0.05) is 5.56 Å². The summed E-state index contributed by atoms with van der Waals surface area (Å²) in [6.45, 7) is 0. The zero-order valence-electron chi connectivity index (χ0n) is 14.7. The topological polar surface area (TPSA) is 145 Å². The first kappa shape index (κ1) is 19.6. The van der Waals surface area contributed by atoms with E-state index in [0.717, 1.165) is 6.26 Å². The van der Waals surface area contributed by atoms with Gasteiger partial charge in [-0.25, -0.2) is 9.59 Å². The maximum atomic E-state index is 11.7. The molecule has 0 atom stereocenters.